The number of ether oxygens (including phenoxy) is 1. The minimum Gasteiger partial charge on any atom is -0.464 e. The zero-order valence-electron chi connectivity index (χ0n) is 19.9. The summed E-state index contributed by atoms with van der Waals surface area (Å²) >= 11 is 0. The summed E-state index contributed by atoms with van der Waals surface area (Å²) in [5, 5.41) is 10.6. The van der Waals surface area contributed by atoms with E-state index in [1.54, 1.807) is 6.08 Å². The molecule has 0 radical (unpaired) electrons. The minimum atomic E-state index is -0.580. The summed E-state index contributed by atoms with van der Waals surface area (Å²) in [4.78, 5) is 28.8. The molecule has 0 aromatic carbocycles. The molecule has 0 aromatic rings. The van der Waals surface area contributed by atoms with Crippen LogP contribution in [0.4, 0.5) is 0 Å². The molecule has 1 aliphatic heterocycles. The molecule has 8 heteroatoms. The van der Waals surface area contributed by atoms with Gasteiger partial charge in [-0.2, -0.15) is 0 Å². The first kappa shape index (κ1) is 24.9. The van der Waals surface area contributed by atoms with Crippen LogP contribution in [0.1, 0.15) is 65.7 Å². The number of aliphatic imine (C=N–C) groups is 1. The summed E-state index contributed by atoms with van der Waals surface area (Å²) < 4.78 is 5.80. The Labute approximate surface area is 196 Å². The van der Waals surface area contributed by atoms with E-state index in [9.17, 15) is 9.59 Å². The second kappa shape index (κ2) is 10.5. The second-order valence-electron chi connectivity index (χ2n) is 9.77. The number of carbonyl (C=O) groups is 2. The molecule has 2 bridgehead atoms. The zero-order chi connectivity index (χ0) is 24.2. The number of nitrogens with one attached hydrogen (secondary N) is 2. The van der Waals surface area contributed by atoms with Gasteiger partial charge in [0.15, 0.2) is 0 Å². The number of nitrogens with two attached hydrogens (primary N) is 2. The number of hydrogen-bond donors (Lipinski definition) is 4. The van der Waals surface area contributed by atoms with Gasteiger partial charge in [0.05, 0.1) is 5.41 Å². The van der Waals surface area contributed by atoms with E-state index in [1.165, 1.54) is 5.57 Å². The lowest BCUT2D eigenvalue weighted by Crippen LogP contribution is -2.39. The van der Waals surface area contributed by atoms with Gasteiger partial charge in [-0.3, -0.25) is 15.0 Å². The number of amidine groups is 1. The molecule has 1 saturated heterocycles. The van der Waals surface area contributed by atoms with E-state index < -0.39 is 5.91 Å². The molecule has 0 aromatic heterocycles. The van der Waals surface area contributed by atoms with Crippen molar-refractivity contribution in [1.82, 2.24) is 5.32 Å². The number of esters is 1. The third kappa shape index (κ3) is 5.61. The van der Waals surface area contributed by atoms with Crippen LogP contribution < -0.4 is 16.8 Å². The number of amides is 1. The van der Waals surface area contributed by atoms with Crippen molar-refractivity contribution in [3.05, 3.63) is 34.4 Å². The first-order valence-electron chi connectivity index (χ1n) is 11.8. The van der Waals surface area contributed by atoms with Crippen molar-refractivity contribution in [3.8, 4) is 0 Å². The Balaban J connectivity index is 1.62. The van der Waals surface area contributed by atoms with Gasteiger partial charge in [-0.1, -0.05) is 31.1 Å². The van der Waals surface area contributed by atoms with Gasteiger partial charge in [0.1, 0.15) is 18.8 Å². The van der Waals surface area contributed by atoms with Crippen LogP contribution in [-0.2, 0) is 14.3 Å². The van der Waals surface area contributed by atoms with Crippen LogP contribution in [0, 0.1) is 16.7 Å². The van der Waals surface area contributed by atoms with Gasteiger partial charge >= 0.3 is 5.97 Å². The number of carbonyl (C=O) groups excluding carboxylic acids is 2. The predicted molar refractivity (Wildman–Crippen MR) is 130 cm³/mol. The van der Waals surface area contributed by atoms with Crippen molar-refractivity contribution < 1.29 is 14.3 Å². The molecule has 3 rings (SSSR count). The van der Waals surface area contributed by atoms with Crippen molar-refractivity contribution in [2.75, 3.05) is 6.61 Å². The highest BCUT2D eigenvalue weighted by Gasteiger charge is 2.47. The largest absolute Gasteiger partial charge is 0.464 e. The molecular weight excluding hydrogens is 418 g/mol. The Hall–Kier alpha value is -2.74. The Morgan fingerprint density at radius 1 is 1.36 bits per heavy atom. The van der Waals surface area contributed by atoms with Crippen LogP contribution in [0.5, 0.6) is 0 Å². The highest BCUT2D eigenvalue weighted by molar-refractivity contribution is 6.09. The Morgan fingerprint density at radius 3 is 2.79 bits per heavy atom. The SMILES string of the molecule is CC/C(C(N)=NC=N)=C(\C=C(/C)C1CCC(COC(=O)C23CC=C(CC(C)C2)C3)N1)C(N)=O. The van der Waals surface area contributed by atoms with Crippen molar-refractivity contribution in [3.63, 3.8) is 0 Å². The van der Waals surface area contributed by atoms with Gasteiger partial charge in [0, 0.05) is 23.2 Å². The van der Waals surface area contributed by atoms with Crippen LogP contribution in [-0.4, -0.2) is 42.7 Å². The quantitative estimate of drug-likeness (QED) is 0.106. The maximum absolute atomic E-state index is 12.9. The molecule has 2 fully saturated rings. The fourth-order valence-corrected chi connectivity index (χ4v) is 5.59. The molecule has 2 aliphatic carbocycles. The number of rotatable bonds is 9. The molecule has 3 aliphatic rings. The molecule has 4 unspecified atom stereocenters. The topological polar surface area (TPSA) is 144 Å². The molecular formula is C25H37N5O3. The molecule has 1 heterocycles. The lowest BCUT2D eigenvalue weighted by Gasteiger charge is -2.34. The summed E-state index contributed by atoms with van der Waals surface area (Å²) in [5.74, 6) is 0.00420. The number of fused-ring (bicyclic) bond motifs is 2. The van der Waals surface area contributed by atoms with E-state index in [0.717, 1.165) is 50.4 Å². The third-order valence-electron chi connectivity index (χ3n) is 7.16. The summed E-state index contributed by atoms with van der Waals surface area (Å²) in [7, 11) is 0. The third-order valence-corrected chi connectivity index (χ3v) is 7.16. The van der Waals surface area contributed by atoms with E-state index in [0.29, 0.717) is 30.1 Å². The second-order valence-corrected chi connectivity index (χ2v) is 9.77. The number of allylic oxidation sites excluding steroid dienone is 2. The minimum absolute atomic E-state index is 0.0506. The number of nitrogens with zero attached hydrogens (tertiary/aromatic N) is 1. The molecule has 8 nitrogen and oxygen atoms in total. The predicted octanol–water partition coefficient (Wildman–Crippen LogP) is 2.89. The molecule has 4 atom stereocenters. The molecule has 33 heavy (non-hydrogen) atoms. The van der Waals surface area contributed by atoms with Crippen molar-refractivity contribution in [2.24, 2.45) is 27.8 Å². The van der Waals surface area contributed by atoms with Crippen LogP contribution >= 0.6 is 0 Å². The van der Waals surface area contributed by atoms with Crippen molar-refractivity contribution in [2.45, 2.75) is 77.8 Å². The average molecular weight is 456 g/mol. The Bertz CT molecular complexity index is 932. The first-order chi connectivity index (χ1) is 15.7. The molecule has 0 spiro atoms. The van der Waals surface area contributed by atoms with Crippen LogP contribution in [0.25, 0.3) is 0 Å². The van der Waals surface area contributed by atoms with E-state index in [-0.39, 0.29) is 29.3 Å². The van der Waals surface area contributed by atoms with Gasteiger partial charge in [0.25, 0.3) is 0 Å². The van der Waals surface area contributed by atoms with E-state index >= 15 is 0 Å². The average Bonchev–Trinajstić information content (AvgIpc) is 3.36. The van der Waals surface area contributed by atoms with Gasteiger partial charge in [-0.05, 0) is 63.9 Å². The fraction of sp³-hybridized carbons (Fsp3) is 0.600. The maximum atomic E-state index is 12.9. The van der Waals surface area contributed by atoms with Crippen LogP contribution in [0.3, 0.4) is 0 Å². The standard InChI is InChI=1S/C25H37N5O3/c1-4-19(22(27)29-14-26)20(23(28)31)10-16(3)21-6-5-18(30-21)13-33-24(32)25-8-7-17(12-25)9-15(2)11-25/h7,10,14-15,18,21,30H,4-6,8-9,11-13H2,1-3H3,(H2,28,31)(H3,26,27,29)/b16-10+,20-19-. The summed E-state index contributed by atoms with van der Waals surface area (Å²) in [6.45, 7) is 6.37. The fourth-order valence-electron chi connectivity index (χ4n) is 5.59. The van der Waals surface area contributed by atoms with Gasteiger partial charge < -0.3 is 21.5 Å². The molecule has 6 N–H and O–H groups in total. The molecule has 1 saturated carbocycles. The Kier molecular flexibility index (Phi) is 7.89. The monoisotopic (exact) mass is 455 g/mol. The highest BCUT2D eigenvalue weighted by Crippen LogP contribution is 2.50. The van der Waals surface area contributed by atoms with Crippen molar-refractivity contribution in [1.29, 1.82) is 5.41 Å². The summed E-state index contributed by atoms with van der Waals surface area (Å²) in [6.07, 6.45) is 10.7. The van der Waals surface area contributed by atoms with Gasteiger partial charge in [-0.25, -0.2) is 4.99 Å². The molecule has 180 valence electrons. The normalized spacial score (nSPS) is 30.5. The summed E-state index contributed by atoms with van der Waals surface area (Å²) in [5.41, 5.74) is 14.4. The van der Waals surface area contributed by atoms with Crippen LogP contribution in [0.15, 0.2) is 39.4 Å². The zero-order valence-corrected chi connectivity index (χ0v) is 19.9. The lowest BCUT2D eigenvalue weighted by atomic mass is 9.71. The van der Waals surface area contributed by atoms with E-state index in [2.05, 4.69) is 23.3 Å². The van der Waals surface area contributed by atoms with Gasteiger partial charge in [0.2, 0.25) is 5.91 Å². The summed E-state index contributed by atoms with van der Waals surface area (Å²) in [6, 6.07) is 0.124. The van der Waals surface area contributed by atoms with Gasteiger partial charge in [-0.15, -0.1) is 0 Å². The van der Waals surface area contributed by atoms with Crippen molar-refractivity contribution >= 4 is 24.1 Å². The van der Waals surface area contributed by atoms with E-state index in [4.69, 9.17) is 21.6 Å². The number of primary amides is 1. The maximum Gasteiger partial charge on any atom is 0.312 e. The number of hydrogen-bond acceptors (Lipinski definition) is 5. The smallest absolute Gasteiger partial charge is 0.312 e. The van der Waals surface area contributed by atoms with E-state index in [1.807, 2.05) is 13.8 Å². The molecule has 1 amide bonds. The van der Waals surface area contributed by atoms with Crippen LogP contribution in [0.2, 0.25) is 0 Å². The lowest BCUT2D eigenvalue weighted by molar-refractivity contribution is -0.157. The highest BCUT2D eigenvalue weighted by atomic mass is 16.5. The Morgan fingerprint density at radius 2 is 2.12 bits per heavy atom. The first-order valence-corrected chi connectivity index (χ1v) is 11.8.